The van der Waals surface area contributed by atoms with Crippen molar-refractivity contribution in [2.24, 2.45) is 5.92 Å². The molecule has 0 radical (unpaired) electrons. The van der Waals surface area contributed by atoms with Crippen LogP contribution in [0.4, 0.5) is 4.79 Å². The van der Waals surface area contributed by atoms with E-state index in [2.05, 4.69) is 17.1 Å². The largest absolute Gasteiger partial charge is 0.331 e. The molecule has 2 aliphatic heterocycles. The predicted molar refractivity (Wildman–Crippen MR) is 81.9 cm³/mol. The van der Waals surface area contributed by atoms with Gasteiger partial charge in [0.2, 0.25) is 0 Å². The van der Waals surface area contributed by atoms with E-state index in [1.165, 1.54) is 26.1 Å². The van der Waals surface area contributed by atoms with Crippen molar-refractivity contribution < 1.29 is 4.79 Å². The third-order valence-electron chi connectivity index (χ3n) is 4.66. The van der Waals surface area contributed by atoms with Gasteiger partial charge in [0.05, 0.1) is 0 Å². The number of carbonyl (C=O) groups is 1. The lowest BCUT2D eigenvalue weighted by Crippen LogP contribution is -2.48. The number of rotatable bonds is 4. The molecule has 0 aliphatic carbocycles. The number of piperidine rings is 1. The fourth-order valence-corrected chi connectivity index (χ4v) is 3.26. The van der Waals surface area contributed by atoms with Crippen molar-refractivity contribution in [3.63, 3.8) is 0 Å². The molecule has 0 aromatic heterocycles. The van der Waals surface area contributed by atoms with Crippen LogP contribution in [0.5, 0.6) is 0 Å². The van der Waals surface area contributed by atoms with Crippen LogP contribution in [0.25, 0.3) is 0 Å². The lowest BCUT2D eigenvalue weighted by atomic mass is 10.0. The molecular weight excluding hydrogens is 252 g/mol. The van der Waals surface area contributed by atoms with E-state index in [1.807, 2.05) is 19.0 Å². The number of amides is 2. The molecule has 0 spiro atoms. The monoisotopic (exact) mass is 282 g/mol. The molecule has 0 bridgehead atoms. The molecule has 0 saturated carbocycles. The highest BCUT2D eigenvalue weighted by molar-refractivity contribution is 5.73. The fraction of sp³-hybridized carbons (Fsp3) is 0.933. The predicted octanol–water partition coefficient (Wildman–Crippen LogP) is 1.06. The maximum atomic E-state index is 11.9. The smallest absolute Gasteiger partial charge is 0.319 e. The summed E-state index contributed by atoms with van der Waals surface area (Å²) in [7, 11) is 3.65. The molecule has 1 N–H and O–H groups in total. The van der Waals surface area contributed by atoms with Crippen molar-refractivity contribution in [2.45, 2.75) is 32.2 Å². The van der Waals surface area contributed by atoms with Crippen LogP contribution in [0.1, 0.15) is 26.2 Å². The Hall–Kier alpha value is -0.810. The maximum absolute atomic E-state index is 11.9. The molecule has 1 atom stereocenters. The van der Waals surface area contributed by atoms with Crippen LogP contribution in [-0.4, -0.2) is 80.1 Å². The van der Waals surface area contributed by atoms with E-state index in [-0.39, 0.29) is 6.03 Å². The Bertz CT molecular complexity index is 313. The lowest BCUT2D eigenvalue weighted by molar-refractivity contribution is 0.152. The van der Waals surface area contributed by atoms with Crippen LogP contribution in [0, 0.1) is 5.92 Å². The van der Waals surface area contributed by atoms with E-state index < -0.39 is 0 Å². The molecule has 2 aliphatic rings. The first-order chi connectivity index (χ1) is 9.60. The molecular formula is C15H30N4O. The minimum atomic E-state index is 0.151. The highest BCUT2D eigenvalue weighted by atomic mass is 16.2. The highest BCUT2D eigenvalue weighted by Gasteiger charge is 2.25. The van der Waals surface area contributed by atoms with Crippen molar-refractivity contribution in [1.82, 2.24) is 20.0 Å². The van der Waals surface area contributed by atoms with Crippen LogP contribution in [-0.2, 0) is 0 Å². The zero-order valence-electron chi connectivity index (χ0n) is 13.3. The first kappa shape index (κ1) is 15.6. The van der Waals surface area contributed by atoms with Crippen molar-refractivity contribution in [2.75, 3.05) is 53.4 Å². The third-order valence-corrected chi connectivity index (χ3v) is 4.66. The summed E-state index contributed by atoms with van der Waals surface area (Å²) in [5.41, 5.74) is 0. The molecule has 2 rings (SSSR count). The molecule has 2 heterocycles. The Morgan fingerprint density at radius 2 is 1.90 bits per heavy atom. The minimum Gasteiger partial charge on any atom is -0.331 e. The van der Waals surface area contributed by atoms with Crippen molar-refractivity contribution in [3.05, 3.63) is 0 Å². The van der Waals surface area contributed by atoms with Crippen molar-refractivity contribution in [1.29, 1.82) is 0 Å². The molecule has 5 heteroatoms. The molecule has 1 unspecified atom stereocenters. The second kappa shape index (κ2) is 7.27. The first-order valence-electron chi connectivity index (χ1n) is 8.02. The number of likely N-dealkylation sites (tertiary alicyclic amines) is 2. The van der Waals surface area contributed by atoms with Gasteiger partial charge in [-0.25, -0.2) is 4.79 Å². The Morgan fingerprint density at radius 1 is 1.20 bits per heavy atom. The normalized spacial score (nSPS) is 25.1. The summed E-state index contributed by atoms with van der Waals surface area (Å²) in [6.45, 7) is 8.86. The van der Waals surface area contributed by atoms with Gasteiger partial charge in [-0.15, -0.1) is 0 Å². The number of hydrogen-bond acceptors (Lipinski definition) is 3. The maximum Gasteiger partial charge on any atom is 0.319 e. The zero-order valence-corrected chi connectivity index (χ0v) is 13.3. The molecule has 116 valence electrons. The minimum absolute atomic E-state index is 0.151. The molecule has 20 heavy (non-hydrogen) atoms. The summed E-state index contributed by atoms with van der Waals surface area (Å²) in [4.78, 5) is 18.0. The van der Waals surface area contributed by atoms with Gasteiger partial charge in [-0.1, -0.05) is 6.92 Å². The Labute approximate surface area is 123 Å². The summed E-state index contributed by atoms with van der Waals surface area (Å²) in [6, 6.07) is 0.745. The van der Waals surface area contributed by atoms with Crippen LogP contribution in [0.2, 0.25) is 0 Å². The number of nitrogens with zero attached hydrogens (tertiary/aromatic N) is 3. The van der Waals surface area contributed by atoms with Gasteiger partial charge in [-0.05, 0) is 44.8 Å². The van der Waals surface area contributed by atoms with Gasteiger partial charge < -0.3 is 20.0 Å². The quantitative estimate of drug-likeness (QED) is 0.838. The molecule has 2 amide bonds. The van der Waals surface area contributed by atoms with Gasteiger partial charge >= 0.3 is 6.03 Å². The summed E-state index contributed by atoms with van der Waals surface area (Å²) in [6.07, 6.45) is 3.51. The Balaban J connectivity index is 1.64. The van der Waals surface area contributed by atoms with E-state index in [0.717, 1.165) is 38.4 Å². The van der Waals surface area contributed by atoms with E-state index in [4.69, 9.17) is 0 Å². The van der Waals surface area contributed by atoms with Gasteiger partial charge in [0.15, 0.2) is 0 Å². The van der Waals surface area contributed by atoms with Crippen LogP contribution in [0.15, 0.2) is 0 Å². The van der Waals surface area contributed by atoms with E-state index in [1.54, 1.807) is 4.90 Å². The fourth-order valence-electron chi connectivity index (χ4n) is 3.26. The molecule has 2 saturated heterocycles. The second-order valence-electron chi connectivity index (χ2n) is 6.39. The summed E-state index contributed by atoms with van der Waals surface area (Å²) >= 11 is 0. The van der Waals surface area contributed by atoms with Gasteiger partial charge in [0.25, 0.3) is 0 Å². The highest BCUT2D eigenvalue weighted by Crippen LogP contribution is 2.16. The van der Waals surface area contributed by atoms with Crippen LogP contribution in [0.3, 0.4) is 0 Å². The molecule has 0 aromatic carbocycles. The van der Waals surface area contributed by atoms with E-state index >= 15 is 0 Å². The van der Waals surface area contributed by atoms with Gasteiger partial charge in [0, 0.05) is 39.8 Å². The molecule has 2 fully saturated rings. The molecule has 5 nitrogen and oxygen atoms in total. The third kappa shape index (κ3) is 4.09. The molecule has 0 aromatic rings. The van der Waals surface area contributed by atoms with Crippen molar-refractivity contribution >= 4 is 6.03 Å². The summed E-state index contributed by atoms with van der Waals surface area (Å²) in [5, 5.41) is 3.72. The number of urea groups is 1. The average Bonchev–Trinajstić information content (AvgIpc) is 2.93. The average molecular weight is 282 g/mol. The van der Waals surface area contributed by atoms with Gasteiger partial charge in [0.1, 0.15) is 0 Å². The Morgan fingerprint density at radius 3 is 2.45 bits per heavy atom. The van der Waals surface area contributed by atoms with Gasteiger partial charge in [-0.3, -0.25) is 0 Å². The van der Waals surface area contributed by atoms with Crippen LogP contribution >= 0.6 is 0 Å². The number of hydrogen-bond donors (Lipinski definition) is 1. The zero-order chi connectivity index (χ0) is 14.5. The standard InChI is InChI=1S/C15H30N4O/c1-4-18-8-5-13(12-18)11-16-14-6-9-19(10-7-14)15(20)17(2)3/h13-14,16H,4-12H2,1-3H3. The second-order valence-corrected chi connectivity index (χ2v) is 6.39. The van der Waals surface area contributed by atoms with Gasteiger partial charge in [-0.2, -0.15) is 0 Å². The SMILES string of the molecule is CCN1CCC(CNC2CCN(C(=O)N(C)C)CC2)C1. The number of carbonyl (C=O) groups excluding carboxylic acids is 1. The van der Waals surface area contributed by atoms with Crippen molar-refractivity contribution in [3.8, 4) is 0 Å². The topological polar surface area (TPSA) is 38.8 Å². The number of nitrogens with one attached hydrogen (secondary N) is 1. The van der Waals surface area contributed by atoms with Crippen LogP contribution < -0.4 is 5.32 Å². The summed E-state index contributed by atoms with van der Waals surface area (Å²) in [5.74, 6) is 0.816. The Kier molecular flexibility index (Phi) is 5.66. The van der Waals surface area contributed by atoms with E-state index in [9.17, 15) is 4.79 Å². The van der Waals surface area contributed by atoms with E-state index in [0.29, 0.717) is 6.04 Å². The summed E-state index contributed by atoms with van der Waals surface area (Å²) < 4.78 is 0. The first-order valence-corrected chi connectivity index (χ1v) is 8.02. The lowest BCUT2D eigenvalue weighted by Gasteiger charge is -2.34.